The standard InChI is InChI=1S/C25H27N9O8/c35-8-14-18(36)19(37)24(42-14)34-10-27-17-21(28-13-5-6-41-9-13)29-20(30-22(17)34)15-16(32-33-31-15)23(38)26-7-11-1-3-12(4-2-11)25(39)40/h1-4,10,13-14,18-19,24,35-37H,5-9H2,(H,26,38)(H,39,40)(H,28,29,30)(H,31,32,33)/t13-,14-,18-,19-,24-/m1/s1. The molecule has 17 nitrogen and oxygen atoms in total. The number of fused-ring (bicyclic) bond motifs is 1. The number of carbonyl (C=O) groups is 2. The number of rotatable bonds is 9. The highest BCUT2D eigenvalue weighted by Gasteiger charge is 2.44. The van der Waals surface area contributed by atoms with Crippen LogP contribution in [0.3, 0.4) is 0 Å². The minimum Gasteiger partial charge on any atom is -0.478 e. The Morgan fingerprint density at radius 1 is 1.12 bits per heavy atom. The van der Waals surface area contributed by atoms with Crippen LogP contribution in [0, 0.1) is 0 Å². The van der Waals surface area contributed by atoms with Crippen molar-refractivity contribution in [1.29, 1.82) is 0 Å². The molecule has 0 radical (unpaired) electrons. The second-order valence-corrected chi connectivity index (χ2v) is 9.86. The number of aromatic carboxylic acids is 1. The van der Waals surface area contributed by atoms with Gasteiger partial charge in [0.15, 0.2) is 40.4 Å². The van der Waals surface area contributed by atoms with Gasteiger partial charge in [-0.25, -0.2) is 19.7 Å². The highest BCUT2D eigenvalue weighted by molar-refractivity contribution is 5.97. The van der Waals surface area contributed by atoms with Gasteiger partial charge >= 0.3 is 5.97 Å². The number of benzene rings is 1. The predicted molar refractivity (Wildman–Crippen MR) is 141 cm³/mol. The van der Waals surface area contributed by atoms with E-state index in [9.17, 15) is 24.9 Å². The summed E-state index contributed by atoms with van der Waals surface area (Å²) in [5.41, 5.74) is 1.29. The normalized spacial score (nSPS) is 23.8. The van der Waals surface area contributed by atoms with E-state index in [0.717, 1.165) is 6.42 Å². The number of imidazole rings is 1. The lowest BCUT2D eigenvalue weighted by Crippen LogP contribution is -2.33. The molecule has 6 rings (SSSR count). The molecule has 5 atom stereocenters. The molecule has 1 aromatic carbocycles. The summed E-state index contributed by atoms with van der Waals surface area (Å²) in [5, 5.41) is 56.1. The summed E-state index contributed by atoms with van der Waals surface area (Å²) in [7, 11) is 0. The SMILES string of the molecule is O=C(O)c1ccc(CNC(=O)c2n[nH]nc2-c2nc(N[C@@H]3CCOC3)c3ncn([C@@H]4O[C@H](CO)[C@@H](O)[C@H]4O)c3n2)cc1. The minimum atomic E-state index is -1.38. The van der Waals surface area contributed by atoms with E-state index < -0.39 is 43.0 Å². The number of anilines is 1. The van der Waals surface area contributed by atoms with Gasteiger partial charge in [0.05, 0.1) is 31.1 Å². The molecule has 4 aromatic rings. The van der Waals surface area contributed by atoms with Gasteiger partial charge in [0, 0.05) is 13.2 Å². The van der Waals surface area contributed by atoms with Crippen molar-refractivity contribution in [2.24, 2.45) is 0 Å². The van der Waals surface area contributed by atoms with Gasteiger partial charge in [-0.15, -0.1) is 0 Å². The maximum Gasteiger partial charge on any atom is 0.335 e. The van der Waals surface area contributed by atoms with Gasteiger partial charge in [0.1, 0.15) is 18.3 Å². The van der Waals surface area contributed by atoms with Crippen LogP contribution >= 0.6 is 0 Å². The van der Waals surface area contributed by atoms with Gasteiger partial charge in [0.25, 0.3) is 5.91 Å². The van der Waals surface area contributed by atoms with Crippen LogP contribution in [0.15, 0.2) is 30.6 Å². The molecule has 3 aromatic heterocycles. The van der Waals surface area contributed by atoms with Crippen LogP contribution < -0.4 is 10.6 Å². The number of nitrogens with zero attached hydrogens (tertiary/aromatic N) is 6. The summed E-state index contributed by atoms with van der Waals surface area (Å²) in [4.78, 5) is 37.8. The number of aliphatic hydroxyl groups excluding tert-OH is 3. The smallest absolute Gasteiger partial charge is 0.335 e. The molecule has 0 spiro atoms. The van der Waals surface area contributed by atoms with Crippen LogP contribution in [0.5, 0.6) is 0 Å². The minimum absolute atomic E-state index is 0.0159. The molecule has 2 aliphatic rings. The number of ether oxygens (including phenoxy) is 2. The average molecular weight is 582 g/mol. The molecule has 1 amide bonds. The van der Waals surface area contributed by atoms with Gasteiger partial charge in [-0.1, -0.05) is 12.1 Å². The fraction of sp³-hybridized carbons (Fsp3) is 0.400. The van der Waals surface area contributed by atoms with E-state index in [4.69, 9.17) is 14.6 Å². The number of carboxylic acids is 1. The van der Waals surface area contributed by atoms with Crippen molar-refractivity contribution in [1.82, 2.24) is 40.2 Å². The largest absolute Gasteiger partial charge is 0.478 e. The lowest BCUT2D eigenvalue weighted by atomic mass is 10.1. The van der Waals surface area contributed by atoms with Crippen molar-refractivity contribution < 1.29 is 39.5 Å². The van der Waals surface area contributed by atoms with Gasteiger partial charge in [-0.3, -0.25) is 9.36 Å². The molecule has 0 saturated carbocycles. The molecule has 0 aliphatic carbocycles. The van der Waals surface area contributed by atoms with Crippen LogP contribution in [-0.2, 0) is 16.0 Å². The predicted octanol–water partition coefficient (Wildman–Crippen LogP) is -0.948. The molecule has 0 bridgehead atoms. The molecule has 220 valence electrons. The molecule has 2 saturated heterocycles. The summed E-state index contributed by atoms with van der Waals surface area (Å²) >= 11 is 0. The number of nitrogens with one attached hydrogen (secondary N) is 3. The Bertz CT molecular complexity index is 1600. The summed E-state index contributed by atoms with van der Waals surface area (Å²) in [6.07, 6.45) is -2.73. The number of hydrogen-bond acceptors (Lipinski definition) is 13. The topological polar surface area (TPSA) is 243 Å². The Labute approximate surface area is 236 Å². The van der Waals surface area contributed by atoms with Gasteiger partial charge < -0.3 is 40.5 Å². The van der Waals surface area contributed by atoms with Crippen LogP contribution in [0.25, 0.3) is 22.7 Å². The first kappa shape index (κ1) is 27.6. The quantitative estimate of drug-likeness (QED) is 0.126. The first-order valence-electron chi connectivity index (χ1n) is 13.1. The van der Waals surface area contributed by atoms with E-state index >= 15 is 0 Å². The maximum atomic E-state index is 13.1. The summed E-state index contributed by atoms with van der Waals surface area (Å²) in [5.74, 6) is -1.30. The van der Waals surface area contributed by atoms with Gasteiger partial charge in [-0.2, -0.15) is 15.4 Å². The first-order valence-corrected chi connectivity index (χ1v) is 13.1. The second-order valence-electron chi connectivity index (χ2n) is 9.86. The third kappa shape index (κ3) is 5.14. The molecule has 2 fully saturated rings. The van der Waals surface area contributed by atoms with E-state index in [0.29, 0.717) is 30.1 Å². The fourth-order valence-electron chi connectivity index (χ4n) is 4.84. The molecule has 7 N–H and O–H groups in total. The molecule has 17 heteroatoms. The van der Waals surface area contributed by atoms with Crippen molar-refractivity contribution in [3.8, 4) is 11.5 Å². The molecule has 0 unspecified atom stereocenters. The van der Waals surface area contributed by atoms with Crippen LogP contribution in [0.2, 0.25) is 0 Å². The highest BCUT2D eigenvalue weighted by Crippen LogP contribution is 2.33. The van der Waals surface area contributed by atoms with Crippen molar-refractivity contribution >= 4 is 28.9 Å². The number of carboxylic acid groups (broad SMARTS) is 1. The highest BCUT2D eigenvalue weighted by atomic mass is 16.6. The average Bonchev–Trinajstić information content (AvgIpc) is 3.80. The number of H-pyrrole nitrogens is 1. The zero-order valence-electron chi connectivity index (χ0n) is 21.9. The maximum absolute atomic E-state index is 13.1. The van der Waals surface area contributed by atoms with Crippen LogP contribution in [0.1, 0.15) is 39.1 Å². The monoisotopic (exact) mass is 581 g/mol. The number of amides is 1. The van der Waals surface area contributed by atoms with E-state index in [1.165, 1.54) is 23.0 Å². The summed E-state index contributed by atoms with van der Waals surface area (Å²) in [6, 6.07) is 5.99. The Kier molecular flexibility index (Phi) is 7.48. The number of carbonyl (C=O) groups excluding carboxylic acids is 1. The Hall–Kier alpha value is -4.55. The number of aromatic nitrogens is 7. The molecular weight excluding hydrogens is 554 g/mol. The molecule has 5 heterocycles. The third-order valence-electron chi connectivity index (χ3n) is 7.11. The van der Waals surface area contributed by atoms with E-state index in [1.54, 1.807) is 12.1 Å². The summed E-state index contributed by atoms with van der Waals surface area (Å²) in [6.45, 7) is 0.610. The van der Waals surface area contributed by atoms with Gasteiger partial charge in [-0.05, 0) is 24.1 Å². The zero-order chi connectivity index (χ0) is 29.4. The van der Waals surface area contributed by atoms with Gasteiger partial charge in [0.2, 0.25) is 0 Å². The van der Waals surface area contributed by atoms with Crippen LogP contribution in [-0.4, -0.2) is 111 Å². The van der Waals surface area contributed by atoms with Crippen molar-refractivity contribution in [2.75, 3.05) is 25.1 Å². The molecule has 42 heavy (non-hydrogen) atoms. The second kappa shape index (κ2) is 11.4. The fourth-order valence-corrected chi connectivity index (χ4v) is 4.84. The van der Waals surface area contributed by atoms with Crippen molar-refractivity contribution in [3.05, 3.63) is 47.4 Å². The Balaban J connectivity index is 1.33. The first-order chi connectivity index (χ1) is 20.3. The van der Waals surface area contributed by atoms with E-state index in [2.05, 4.69) is 41.0 Å². The third-order valence-corrected chi connectivity index (χ3v) is 7.11. The lowest BCUT2D eigenvalue weighted by molar-refractivity contribution is -0.0511. The van der Waals surface area contributed by atoms with Crippen molar-refractivity contribution in [3.63, 3.8) is 0 Å². The Morgan fingerprint density at radius 2 is 1.93 bits per heavy atom. The number of aromatic amines is 1. The number of aliphatic hydroxyl groups is 3. The van der Waals surface area contributed by atoms with Crippen LogP contribution in [0.4, 0.5) is 5.82 Å². The lowest BCUT2D eigenvalue weighted by Gasteiger charge is -2.17. The van der Waals surface area contributed by atoms with E-state index in [1.807, 2.05) is 0 Å². The summed E-state index contributed by atoms with van der Waals surface area (Å²) < 4.78 is 12.6. The molecular formula is C25H27N9O8. The van der Waals surface area contributed by atoms with E-state index in [-0.39, 0.29) is 41.0 Å². The zero-order valence-corrected chi connectivity index (χ0v) is 21.9. The molecule has 2 aliphatic heterocycles. The van der Waals surface area contributed by atoms with Crippen molar-refractivity contribution in [2.45, 2.75) is 43.5 Å². The number of hydrogen-bond donors (Lipinski definition) is 7. The Morgan fingerprint density at radius 3 is 2.62 bits per heavy atom.